The molecule has 3 N–H and O–H groups in total. The van der Waals surface area contributed by atoms with Gasteiger partial charge in [-0.2, -0.15) is 0 Å². The predicted octanol–water partition coefficient (Wildman–Crippen LogP) is 2.96. The molecule has 0 bridgehead atoms. The van der Waals surface area contributed by atoms with Gasteiger partial charge in [0.15, 0.2) is 0 Å². The first-order valence-corrected chi connectivity index (χ1v) is 7.29. The van der Waals surface area contributed by atoms with E-state index in [-0.39, 0.29) is 24.4 Å². The van der Waals surface area contributed by atoms with Crippen LogP contribution in [0.1, 0.15) is 50.6 Å². The highest BCUT2D eigenvalue weighted by molar-refractivity contribution is 5.86. The van der Waals surface area contributed by atoms with Gasteiger partial charge in [-0.1, -0.05) is 31.4 Å². The van der Waals surface area contributed by atoms with Crippen molar-refractivity contribution < 1.29 is 9.53 Å². The largest absolute Gasteiger partial charge is 0.497 e. The Morgan fingerprint density at radius 1 is 1.33 bits per heavy atom. The number of hydrogen-bond acceptors (Lipinski definition) is 3. The van der Waals surface area contributed by atoms with Crippen molar-refractivity contribution in [3.63, 3.8) is 0 Å². The van der Waals surface area contributed by atoms with Gasteiger partial charge in [-0.05, 0) is 37.5 Å². The van der Waals surface area contributed by atoms with E-state index < -0.39 is 5.54 Å². The summed E-state index contributed by atoms with van der Waals surface area (Å²) in [6, 6.07) is 7.67. The number of methoxy groups -OCH3 is 1. The molecule has 0 aliphatic heterocycles. The zero-order chi connectivity index (χ0) is 14.6. The summed E-state index contributed by atoms with van der Waals surface area (Å²) in [6.07, 6.45) is 4.82. The first-order chi connectivity index (χ1) is 9.55. The summed E-state index contributed by atoms with van der Waals surface area (Å²) in [4.78, 5) is 12.4. The zero-order valence-electron chi connectivity index (χ0n) is 12.7. The maximum absolute atomic E-state index is 12.4. The minimum absolute atomic E-state index is 0. The summed E-state index contributed by atoms with van der Waals surface area (Å²) < 4.78 is 5.21. The van der Waals surface area contributed by atoms with E-state index in [1.807, 2.05) is 31.2 Å². The Kier molecular flexibility index (Phi) is 6.49. The number of carbonyl (C=O) groups excluding carboxylic acids is 1. The highest BCUT2D eigenvalue weighted by atomic mass is 35.5. The average Bonchev–Trinajstić information content (AvgIpc) is 2.48. The lowest BCUT2D eigenvalue weighted by atomic mass is 9.81. The molecule has 1 aromatic rings. The first kappa shape index (κ1) is 17.8. The van der Waals surface area contributed by atoms with Gasteiger partial charge in [0, 0.05) is 0 Å². The molecule has 1 amide bonds. The number of halogens is 1. The van der Waals surface area contributed by atoms with Gasteiger partial charge in [-0.25, -0.2) is 0 Å². The number of carbonyl (C=O) groups is 1. The Bertz CT molecular complexity index is 473. The number of nitrogens with two attached hydrogens (primary N) is 1. The molecule has 2 rings (SSSR count). The van der Waals surface area contributed by atoms with E-state index in [1.54, 1.807) is 7.11 Å². The summed E-state index contributed by atoms with van der Waals surface area (Å²) in [7, 11) is 1.64. The predicted molar refractivity (Wildman–Crippen MR) is 86.8 cm³/mol. The number of amides is 1. The topological polar surface area (TPSA) is 64.3 Å². The molecule has 21 heavy (non-hydrogen) atoms. The van der Waals surface area contributed by atoms with Crippen LogP contribution >= 0.6 is 12.4 Å². The first-order valence-electron chi connectivity index (χ1n) is 7.29. The SMILES string of the molecule is COc1cccc(C(C)NC(=O)C2(N)CCCCC2)c1.Cl. The van der Waals surface area contributed by atoms with E-state index in [2.05, 4.69) is 5.32 Å². The second kappa shape index (κ2) is 7.66. The van der Waals surface area contributed by atoms with Crippen molar-refractivity contribution >= 4 is 18.3 Å². The quantitative estimate of drug-likeness (QED) is 0.898. The summed E-state index contributed by atoms with van der Waals surface area (Å²) in [5.74, 6) is 0.760. The fourth-order valence-corrected chi connectivity index (χ4v) is 2.74. The van der Waals surface area contributed by atoms with Gasteiger partial charge in [0.05, 0.1) is 18.7 Å². The third-order valence-electron chi connectivity index (χ3n) is 4.14. The summed E-state index contributed by atoms with van der Waals surface area (Å²) >= 11 is 0. The van der Waals surface area contributed by atoms with Crippen molar-refractivity contribution in [3.8, 4) is 5.75 Å². The van der Waals surface area contributed by atoms with E-state index in [4.69, 9.17) is 10.5 Å². The monoisotopic (exact) mass is 312 g/mol. The van der Waals surface area contributed by atoms with Crippen LogP contribution in [0.2, 0.25) is 0 Å². The number of nitrogens with one attached hydrogen (secondary N) is 1. The number of hydrogen-bond donors (Lipinski definition) is 2. The highest BCUT2D eigenvalue weighted by Gasteiger charge is 2.35. The molecule has 0 aromatic heterocycles. The molecular formula is C16H25ClN2O2. The zero-order valence-corrected chi connectivity index (χ0v) is 13.5. The fraction of sp³-hybridized carbons (Fsp3) is 0.562. The van der Waals surface area contributed by atoms with Crippen molar-refractivity contribution in [1.82, 2.24) is 5.32 Å². The van der Waals surface area contributed by atoms with E-state index in [1.165, 1.54) is 6.42 Å². The van der Waals surface area contributed by atoms with E-state index >= 15 is 0 Å². The van der Waals surface area contributed by atoms with Crippen LogP contribution in [0, 0.1) is 0 Å². The Morgan fingerprint density at radius 2 is 2.00 bits per heavy atom. The van der Waals surface area contributed by atoms with Gasteiger partial charge in [0.1, 0.15) is 5.75 Å². The van der Waals surface area contributed by atoms with Crippen molar-refractivity contribution in [2.45, 2.75) is 50.6 Å². The minimum Gasteiger partial charge on any atom is -0.497 e. The normalized spacial score (nSPS) is 18.2. The molecule has 0 heterocycles. The second-order valence-electron chi connectivity index (χ2n) is 5.69. The van der Waals surface area contributed by atoms with E-state index in [0.29, 0.717) is 0 Å². The van der Waals surface area contributed by atoms with Gasteiger partial charge in [0.25, 0.3) is 0 Å². The molecule has 0 saturated heterocycles. The van der Waals surface area contributed by atoms with Crippen molar-refractivity contribution in [2.75, 3.05) is 7.11 Å². The third-order valence-corrected chi connectivity index (χ3v) is 4.14. The van der Waals surface area contributed by atoms with Crippen LogP contribution in [0.25, 0.3) is 0 Å². The fourth-order valence-electron chi connectivity index (χ4n) is 2.74. The van der Waals surface area contributed by atoms with Crippen LogP contribution in [0.5, 0.6) is 5.75 Å². The van der Waals surface area contributed by atoms with Crippen LogP contribution in [-0.4, -0.2) is 18.6 Å². The molecule has 0 radical (unpaired) electrons. The third kappa shape index (κ3) is 4.35. The Labute approximate surface area is 132 Å². The summed E-state index contributed by atoms with van der Waals surface area (Å²) in [6.45, 7) is 1.97. The molecule has 118 valence electrons. The minimum atomic E-state index is -0.689. The number of rotatable bonds is 4. The van der Waals surface area contributed by atoms with Crippen molar-refractivity contribution in [3.05, 3.63) is 29.8 Å². The Balaban J connectivity index is 0.00000220. The van der Waals surface area contributed by atoms with Crippen LogP contribution < -0.4 is 15.8 Å². The molecular weight excluding hydrogens is 288 g/mol. The molecule has 4 nitrogen and oxygen atoms in total. The number of benzene rings is 1. The van der Waals surface area contributed by atoms with Gasteiger partial charge in [-0.15, -0.1) is 12.4 Å². The molecule has 1 aliphatic carbocycles. The molecule has 1 fully saturated rings. The van der Waals surface area contributed by atoms with Crippen LogP contribution in [0.4, 0.5) is 0 Å². The van der Waals surface area contributed by atoms with E-state index in [9.17, 15) is 4.79 Å². The average molecular weight is 313 g/mol. The Morgan fingerprint density at radius 3 is 2.62 bits per heavy atom. The van der Waals surface area contributed by atoms with Crippen LogP contribution in [0.3, 0.4) is 0 Å². The van der Waals surface area contributed by atoms with Gasteiger partial charge in [0.2, 0.25) is 5.91 Å². The Hall–Kier alpha value is -1.26. The second-order valence-corrected chi connectivity index (χ2v) is 5.69. The lowest BCUT2D eigenvalue weighted by molar-refractivity contribution is -0.128. The highest BCUT2D eigenvalue weighted by Crippen LogP contribution is 2.27. The lowest BCUT2D eigenvalue weighted by Crippen LogP contribution is -2.55. The van der Waals surface area contributed by atoms with Crippen LogP contribution in [0.15, 0.2) is 24.3 Å². The lowest BCUT2D eigenvalue weighted by Gasteiger charge is -2.33. The maximum atomic E-state index is 12.4. The van der Waals surface area contributed by atoms with Gasteiger partial charge >= 0.3 is 0 Å². The van der Waals surface area contributed by atoms with Crippen molar-refractivity contribution in [2.24, 2.45) is 5.73 Å². The standard InChI is InChI=1S/C16H24N2O2.ClH/c1-12(13-7-6-8-14(11-13)20-2)18-15(19)16(17)9-4-3-5-10-16;/h6-8,11-12H,3-5,9-10,17H2,1-2H3,(H,18,19);1H. The molecule has 0 spiro atoms. The van der Waals surface area contributed by atoms with Gasteiger partial charge < -0.3 is 15.8 Å². The molecule has 5 heteroatoms. The summed E-state index contributed by atoms with van der Waals surface area (Å²) in [5, 5.41) is 3.04. The molecule has 1 saturated carbocycles. The molecule has 1 atom stereocenters. The maximum Gasteiger partial charge on any atom is 0.240 e. The smallest absolute Gasteiger partial charge is 0.240 e. The van der Waals surface area contributed by atoms with E-state index in [0.717, 1.165) is 37.0 Å². The number of ether oxygens (including phenoxy) is 1. The van der Waals surface area contributed by atoms with Crippen molar-refractivity contribution in [1.29, 1.82) is 0 Å². The molecule has 1 aromatic carbocycles. The molecule has 1 unspecified atom stereocenters. The van der Waals surface area contributed by atoms with Crippen LogP contribution in [-0.2, 0) is 4.79 Å². The molecule has 1 aliphatic rings. The summed E-state index contributed by atoms with van der Waals surface area (Å²) in [5.41, 5.74) is 6.58. The van der Waals surface area contributed by atoms with Gasteiger partial charge in [-0.3, -0.25) is 4.79 Å².